The molecule has 2 N–H and O–H groups in total. The van der Waals surface area contributed by atoms with E-state index in [1.54, 1.807) is 0 Å². The van der Waals surface area contributed by atoms with Gasteiger partial charge in [-0.25, -0.2) is 0 Å². The van der Waals surface area contributed by atoms with Crippen molar-refractivity contribution in [1.82, 2.24) is 0 Å². The van der Waals surface area contributed by atoms with Crippen LogP contribution in [0.3, 0.4) is 0 Å². The Balaban J connectivity index is 3.25. The molecule has 0 unspecified atom stereocenters. The Morgan fingerprint density at radius 1 is 1.36 bits per heavy atom. The second-order valence-electron chi connectivity index (χ2n) is 2.48. The third-order valence-electron chi connectivity index (χ3n) is 1.35. The summed E-state index contributed by atoms with van der Waals surface area (Å²) in [4.78, 5) is 0. The van der Waals surface area contributed by atoms with Gasteiger partial charge in [0.25, 0.3) is 0 Å². The summed E-state index contributed by atoms with van der Waals surface area (Å²) in [6.07, 6.45) is 3.43. The first-order valence-electron chi connectivity index (χ1n) is 4.08. The SMILES string of the molecule is CCCCCC#C[C@@H](O)CO. The summed E-state index contributed by atoms with van der Waals surface area (Å²) in [7, 11) is 0. The Labute approximate surface area is 68.2 Å². The van der Waals surface area contributed by atoms with Gasteiger partial charge in [-0.3, -0.25) is 0 Å². The van der Waals surface area contributed by atoms with Crippen LogP contribution in [0.1, 0.15) is 32.6 Å². The predicted molar refractivity (Wildman–Crippen MR) is 45.0 cm³/mol. The maximum atomic E-state index is 8.79. The van der Waals surface area contributed by atoms with Gasteiger partial charge in [0.15, 0.2) is 0 Å². The van der Waals surface area contributed by atoms with Crippen LogP contribution < -0.4 is 0 Å². The van der Waals surface area contributed by atoms with Gasteiger partial charge in [-0.2, -0.15) is 0 Å². The minimum Gasteiger partial charge on any atom is -0.393 e. The van der Waals surface area contributed by atoms with Crippen LogP contribution in [0.25, 0.3) is 0 Å². The molecule has 0 saturated heterocycles. The molecule has 0 aromatic heterocycles. The fraction of sp³-hybridized carbons (Fsp3) is 0.778. The minimum absolute atomic E-state index is 0.263. The molecule has 2 nitrogen and oxygen atoms in total. The zero-order valence-corrected chi connectivity index (χ0v) is 7.01. The molecule has 0 aliphatic rings. The lowest BCUT2D eigenvalue weighted by Gasteiger charge is -1.93. The number of rotatable bonds is 4. The Hall–Kier alpha value is -0.520. The van der Waals surface area contributed by atoms with E-state index in [0.29, 0.717) is 0 Å². The minimum atomic E-state index is -0.850. The van der Waals surface area contributed by atoms with Crippen LogP contribution >= 0.6 is 0 Å². The first-order chi connectivity index (χ1) is 5.31. The molecule has 0 bridgehead atoms. The van der Waals surface area contributed by atoms with Gasteiger partial charge in [-0.1, -0.05) is 25.7 Å². The average molecular weight is 156 g/mol. The van der Waals surface area contributed by atoms with Crippen LogP contribution in [-0.4, -0.2) is 22.9 Å². The van der Waals surface area contributed by atoms with Crippen molar-refractivity contribution in [3.8, 4) is 11.8 Å². The van der Waals surface area contributed by atoms with Gasteiger partial charge in [0.05, 0.1) is 6.61 Å². The smallest absolute Gasteiger partial charge is 0.137 e. The predicted octanol–water partition coefficient (Wildman–Crippen LogP) is 0.923. The Kier molecular flexibility index (Phi) is 7.23. The molecule has 0 amide bonds. The molecule has 0 fully saturated rings. The highest BCUT2D eigenvalue weighted by molar-refractivity contribution is 5.04. The summed E-state index contributed by atoms with van der Waals surface area (Å²) in [5.74, 6) is 5.36. The molecule has 0 aliphatic carbocycles. The fourth-order valence-electron chi connectivity index (χ4n) is 0.699. The Bertz CT molecular complexity index is 132. The topological polar surface area (TPSA) is 40.5 Å². The molecule has 1 atom stereocenters. The first kappa shape index (κ1) is 10.5. The molecule has 0 aromatic rings. The lowest BCUT2D eigenvalue weighted by atomic mass is 10.2. The summed E-state index contributed by atoms with van der Waals surface area (Å²) >= 11 is 0. The number of unbranched alkanes of at least 4 members (excludes halogenated alkanes) is 3. The van der Waals surface area contributed by atoms with E-state index >= 15 is 0 Å². The highest BCUT2D eigenvalue weighted by Gasteiger charge is 1.91. The van der Waals surface area contributed by atoms with Gasteiger partial charge in [-0.15, -0.1) is 5.92 Å². The van der Waals surface area contributed by atoms with Crippen molar-refractivity contribution in [3.05, 3.63) is 0 Å². The van der Waals surface area contributed by atoms with Crippen LogP contribution in [0.5, 0.6) is 0 Å². The lowest BCUT2D eigenvalue weighted by Crippen LogP contribution is -2.07. The quantitative estimate of drug-likeness (QED) is 0.469. The van der Waals surface area contributed by atoms with Gasteiger partial charge >= 0.3 is 0 Å². The van der Waals surface area contributed by atoms with Crippen LogP contribution in [0.15, 0.2) is 0 Å². The second kappa shape index (κ2) is 7.59. The highest BCUT2D eigenvalue weighted by Crippen LogP contribution is 1.96. The van der Waals surface area contributed by atoms with E-state index in [2.05, 4.69) is 18.8 Å². The largest absolute Gasteiger partial charge is 0.393 e. The third-order valence-corrected chi connectivity index (χ3v) is 1.35. The van der Waals surface area contributed by atoms with Gasteiger partial charge < -0.3 is 10.2 Å². The maximum Gasteiger partial charge on any atom is 0.137 e. The van der Waals surface area contributed by atoms with Gasteiger partial charge in [0.1, 0.15) is 6.10 Å². The van der Waals surface area contributed by atoms with Gasteiger partial charge in [0.2, 0.25) is 0 Å². The summed E-state index contributed by atoms with van der Waals surface area (Å²) in [6.45, 7) is 1.87. The van der Waals surface area contributed by atoms with Crippen LogP contribution in [0, 0.1) is 11.8 Å². The van der Waals surface area contributed by atoms with Crippen LogP contribution in [-0.2, 0) is 0 Å². The molecule has 0 rings (SSSR count). The van der Waals surface area contributed by atoms with E-state index in [1.807, 2.05) is 0 Å². The number of aliphatic hydroxyl groups excluding tert-OH is 2. The van der Waals surface area contributed by atoms with E-state index in [0.717, 1.165) is 12.8 Å². The lowest BCUT2D eigenvalue weighted by molar-refractivity contribution is 0.138. The third kappa shape index (κ3) is 7.38. The van der Waals surface area contributed by atoms with Gasteiger partial charge in [-0.05, 0) is 6.42 Å². The van der Waals surface area contributed by atoms with Crippen molar-refractivity contribution in [2.24, 2.45) is 0 Å². The zero-order valence-electron chi connectivity index (χ0n) is 7.01. The Morgan fingerprint density at radius 2 is 2.09 bits per heavy atom. The van der Waals surface area contributed by atoms with E-state index in [9.17, 15) is 0 Å². The molecule has 0 heterocycles. The van der Waals surface area contributed by atoms with E-state index < -0.39 is 6.10 Å². The van der Waals surface area contributed by atoms with Crippen molar-refractivity contribution in [2.75, 3.05) is 6.61 Å². The summed E-state index contributed by atoms with van der Waals surface area (Å²) in [5.41, 5.74) is 0. The van der Waals surface area contributed by atoms with E-state index in [-0.39, 0.29) is 6.61 Å². The van der Waals surface area contributed by atoms with Crippen molar-refractivity contribution >= 4 is 0 Å². The normalized spacial score (nSPS) is 11.9. The zero-order chi connectivity index (χ0) is 8.53. The second-order valence-corrected chi connectivity index (χ2v) is 2.48. The molecule has 64 valence electrons. The maximum absolute atomic E-state index is 8.79. The summed E-state index contributed by atoms with van der Waals surface area (Å²) in [6, 6.07) is 0. The van der Waals surface area contributed by atoms with Crippen molar-refractivity contribution in [3.63, 3.8) is 0 Å². The molecule has 0 aromatic carbocycles. The summed E-state index contributed by atoms with van der Waals surface area (Å²) < 4.78 is 0. The monoisotopic (exact) mass is 156 g/mol. The summed E-state index contributed by atoms with van der Waals surface area (Å²) in [5, 5.41) is 17.2. The van der Waals surface area contributed by atoms with Gasteiger partial charge in [0, 0.05) is 6.42 Å². The molecule has 0 saturated carbocycles. The molecule has 2 heteroatoms. The molecule has 0 aliphatic heterocycles. The fourth-order valence-corrected chi connectivity index (χ4v) is 0.699. The van der Waals surface area contributed by atoms with Crippen LogP contribution in [0.4, 0.5) is 0 Å². The Morgan fingerprint density at radius 3 is 2.64 bits per heavy atom. The molecule has 0 spiro atoms. The molecule has 0 radical (unpaired) electrons. The number of hydrogen-bond donors (Lipinski definition) is 2. The number of aliphatic hydroxyl groups is 2. The van der Waals surface area contributed by atoms with Crippen LogP contribution in [0.2, 0.25) is 0 Å². The standard InChI is InChI=1S/C9H16O2/c1-2-3-4-5-6-7-9(11)8-10/h9-11H,2-5,8H2,1H3/t9-/m1/s1. The van der Waals surface area contributed by atoms with E-state index in [4.69, 9.17) is 10.2 Å². The molecular weight excluding hydrogens is 140 g/mol. The first-order valence-corrected chi connectivity index (χ1v) is 4.08. The molecular formula is C9H16O2. The molecule has 11 heavy (non-hydrogen) atoms. The van der Waals surface area contributed by atoms with Crippen molar-refractivity contribution < 1.29 is 10.2 Å². The van der Waals surface area contributed by atoms with E-state index in [1.165, 1.54) is 12.8 Å². The van der Waals surface area contributed by atoms with Crippen molar-refractivity contribution in [1.29, 1.82) is 0 Å². The van der Waals surface area contributed by atoms with Crippen molar-refractivity contribution in [2.45, 2.75) is 38.7 Å². The highest BCUT2D eigenvalue weighted by atomic mass is 16.3. The number of hydrogen-bond acceptors (Lipinski definition) is 2. The average Bonchev–Trinajstić information content (AvgIpc) is 2.04.